The molecule has 1 aliphatic heterocycles. The second-order valence-electron chi connectivity index (χ2n) is 8.51. The van der Waals surface area contributed by atoms with E-state index in [1.54, 1.807) is 13.3 Å². The molecule has 2 N–H and O–H groups in total. The van der Waals surface area contributed by atoms with Gasteiger partial charge in [0.05, 0.1) is 30.6 Å². The Bertz CT molecular complexity index is 1340. The summed E-state index contributed by atoms with van der Waals surface area (Å²) in [5, 5.41) is 7.00. The van der Waals surface area contributed by atoms with Crippen molar-refractivity contribution < 1.29 is 9.53 Å². The second-order valence-corrected chi connectivity index (χ2v) is 8.89. The lowest BCUT2D eigenvalue weighted by Gasteiger charge is -2.27. The van der Waals surface area contributed by atoms with Gasteiger partial charge in [0.25, 0.3) is 0 Å². The number of nitrogens with zero attached hydrogens (tertiary/aromatic N) is 3. The molecule has 8 heteroatoms. The molecule has 1 aliphatic rings. The molecule has 1 fully saturated rings. The Balaban J connectivity index is 1.39. The molecule has 2 atom stereocenters. The molecule has 0 aliphatic carbocycles. The standard InChI is InChI=1S/C28H27N5O2S/c1-35-24-13-6-5-11-22(24)30-25(34)15-18-33-27(26(31-28(33)36)23-12-7-8-16-29-23)20-14-17-32(19-20)21-9-3-2-4-10-21/h2-14,16-17,19,26-27H,15,18H2,1H3,(H,30,34)(H,31,36)/t26-,27-/m1/s1. The molecular weight excluding hydrogens is 470 g/mol. The maximum Gasteiger partial charge on any atom is 0.226 e. The smallest absolute Gasteiger partial charge is 0.226 e. The minimum Gasteiger partial charge on any atom is -0.495 e. The van der Waals surface area contributed by atoms with Gasteiger partial charge in [0.1, 0.15) is 5.75 Å². The summed E-state index contributed by atoms with van der Waals surface area (Å²) in [7, 11) is 1.59. The van der Waals surface area contributed by atoms with E-state index in [2.05, 4.69) is 49.5 Å². The number of para-hydroxylation sites is 3. The number of pyridine rings is 1. The topological polar surface area (TPSA) is 71.4 Å². The fraction of sp³-hybridized carbons (Fsp3) is 0.179. The first kappa shape index (κ1) is 23.6. The molecule has 2 aromatic carbocycles. The van der Waals surface area contributed by atoms with Gasteiger partial charge in [0, 0.05) is 37.2 Å². The van der Waals surface area contributed by atoms with Crippen molar-refractivity contribution in [2.45, 2.75) is 18.5 Å². The van der Waals surface area contributed by atoms with Gasteiger partial charge in [-0.1, -0.05) is 36.4 Å². The van der Waals surface area contributed by atoms with Crippen LogP contribution in [0.4, 0.5) is 5.69 Å². The lowest BCUT2D eigenvalue weighted by atomic mass is 9.99. The lowest BCUT2D eigenvalue weighted by Crippen LogP contribution is -2.32. The maximum absolute atomic E-state index is 12.9. The van der Waals surface area contributed by atoms with Gasteiger partial charge in [-0.2, -0.15) is 0 Å². The molecule has 3 heterocycles. The van der Waals surface area contributed by atoms with Crippen molar-refractivity contribution in [2.24, 2.45) is 0 Å². The number of benzene rings is 2. The third kappa shape index (κ3) is 4.94. The van der Waals surface area contributed by atoms with Crippen LogP contribution >= 0.6 is 12.2 Å². The molecule has 5 rings (SSSR count). The third-order valence-electron chi connectivity index (χ3n) is 6.27. The Labute approximate surface area is 215 Å². The number of hydrogen-bond donors (Lipinski definition) is 2. The van der Waals surface area contributed by atoms with Gasteiger partial charge < -0.3 is 24.8 Å². The van der Waals surface area contributed by atoms with Crippen molar-refractivity contribution in [3.05, 3.63) is 109 Å². The zero-order valence-corrected chi connectivity index (χ0v) is 20.7. The van der Waals surface area contributed by atoms with Gasteiger partial charge in [-0.15, -0.1) is 0 Å². The minimum atomic E-state index is -0.136. The van der Waals surface area contributed by atoms with E-state index in [0.29, 0.717) is 23.1 Å². The number of carbonyl (C=O) groups excluding carboxylic acids is 1. The number of aromatic nitrogens is 2. The number of hydrogen-bond acceptors (Lipinski definition) is 4. The fourth-order valence-corrected chi connectivity index (χ4v) is 4.87. The van der Waals surface area contributed by atoms with E-state index in [1.807, 2.05) is 66.9 Å². The van der Waals surface area contributed by atoms with E-state index in [-0.39, 0.29) is 24.4 Å². The summed E-state index contributed by atoms with van der Waals surface area (Å²) in [6.07, 6.45) is 6.22. The van der Waals surface area contributed by atoms with Crippen LogP contribution in [0.5, 0.6) is 5.75 Å². The SMILES string of the molecule is COc1ccccc1NC(=O)CCN1C(=S)N[C@H](c2ccccn2)[C@H]1c1ccn(-c2ccccc2)c1. The van der Waals surface area contributed by atoms with Crippen LogP contribution in [0.3, 0.4) is 0 Å². The van der Waals surface area contributed by atoms with Crippen LogP contribution in [0.15, 0.2) is 97.5 Å². The number of carbonyl (C=O) groups is 1. The molecule has 0 radical (unpaired) electrons. The molecule has 0 unspecified atom stereocenters. The first-order valence-corrected chi connectivity index (χ1v) is 12.2. The van der Waals surface area contributed by atoms with Gasteiger partial charge in [-0.3, -0.25) is 9.78 Å². The van der Waals surface area contributed by atoms with Crippen LogP contribution in [-0.4, -0.2) is 39.1 Å². The van der Waals surface area contributed by atoms with Gasteiger partial charge in [-0.25, -0.2) is 0 Å². The van der Waals surface area contributed by atoms with E-state index in [9.17, 15) is 4.79 Å². The van der Waals surface area contributed by atoms with Crippen molar-refractivity contribution in [2.75, 3.05) is 19.0 Å². The zero-order valence-electron chi connectivity index (χ0n) is 19.9. The highest BCUT2D eigenvalue weighted by atomic mass is 32.1. The Morgan fingerprint density at radius 3 is 2.61 bits per heavy atom. The molecule has 1 amide bonds. The number of nitrogens with one attached hydrogen (secondary N) is 2. The van der Waals surface area contributed by atoms with Gasteiger partial charge in [-0.05, 0) is 60.2 Å². The molecule has 182 valence electrons. The third-order valence-corrected chi connectivity index (χ3v) is 6.62. The molecular formula is C28H27N5O2S. The summed E-state index contributed by atoms with van der Waals surface area (Å²) in [6, 6.07) is 25.3. The zero-order chi connectivity index (χ0) is 24.9. The van der Waals surface area contributed by atoms with E-state index in [0.717, 1.165) is 16.9 Å². The highest BCUT2D eigenvalue weighted by Gasteiger charge is 2.40. The largest absolute Gasteiger partial charge is 0.495 e. The number of anilines is 1. The molecule has 4 aromatic rings. The Kier molecular flexibility index (Phi) is 6.95. The second kappa shape index (κ2) is 10.6. The predicted octanol–water partition coefficient (Wildman–Crippen LogP) is 4.88. The van der Waals surface area contributed by atoms with Crippen molar-refractivity contribution in [3.8, 4) is 11.4 Å². The highest BCUT2D eigenvalue weighted by molar-refractivity contribution is 7.80. The van der Waals surface area contributed by atoms with Crippen LogP contribution in [0, 0.1) is 0 Å². The van der Waals surface area contributed by atoms with Crippen molar-refractivity contribution in [1.29, 1.82) is 0 Å². The minimum absolute atomic E-state index is 0.107. The number of ether oxygens (including phenoxy) is 1. The van der Waals surface area contributed by atoms with Crippen LogP contribution < -0.4 is 15.4 Å². The Hall–Kier alpha value is -4.17. The average molecular weight is 498 g/mol. The average Bonchev–Trinajstić information content (AvgIpc) is 3.53. The van der Waals surface area contributed by atoms with Gasteiger partial charge in [0.2, 0.25) is 5.91 Å². The number of methoxy groups -OCH3 is 1. The van der Waals surface area contributed by atoms with Crippen molar-refractivity contribution in [3.63, 3.8) is 0 Å². The summed E-state index contributed by atoms with van der Waals surface area (Å²) in [4.78, 5) is 19.5. The summed E-state index contributed by atoms with van der Waals surface area (Å²) in [5.74, 6) is 0.517. The van der Waals surface area contributed by atoms with Crippen molar-refractivity contribution in [1.82, 2.24) is 19.8 Å². The summed E-state index contributed by atoms with van der Waals surface area (Å²) >= 11 is 5.74. The van der Waals surface area contributed by atoms with Gasteiger partial charge in [0.15, 0.2) is 5.11 Å². The predicted molar refractivity (Wildman–Crippen MR) is 144 cm³/mol. The maximum atomic E-state index is 12.9. The van der Waals surface area contributed by atoms with Crippen LogP contribution in [0.1, 0.15) is 29.8 Å². The van der Waals surface area contributed by atoms with Crippen molar-refractivity contribution >= 4 is 28.9 Å². The monoisotopic (exact) mass is 497 g/mol. The molecule has 0 bridgehead atoms. The highest BCUT2D eigenvalue weighted by Crippen LogP contribution is 2.39. The molecule has 0 saturated carbocycles. The normalized spacial score (nSPS) is 17.0. The summed E-state index contributed by atoms with van der Waals surface area (Å²) in [5.41, 5.74) is 3.72. The van der Waals surface area contributed by atoms with E-state index < -0.39 is 0 Å². The number of amides is 1. The van der Waals surface area contributed by atoms with Gasteiger partial charge >= 0.3 is 0 Å². The van der Waals surface area contributed by atoms with Crippen LogP contribution in [0.2, 0.25) is 0 Å². The van der Waals surface area contributed by atoms with Crippen LogP contribution in [-0.2, 0) is 4.79 Å². The summed E-state index contributed by atoms with van der Waals surface area (Å²) < 4.78 is 7.45. The first-order valence-electron chi connectivity index (χ1n) is 11.8. The molecule has 1 saturated heterocycles. The van der Waals surface area contributed by atoms with Crippen LogP contribution in [0.25, 0.3) is 5.69 Å². The summed E-state index contributed by atoms with van der Waals surface area (Å²) in [6.45, 7) is 0.456. The Morgan fingerprint density at radius 1 is 1.06 bits per heavy atom. The number of rotatable bonds is 8. The molecule has 2 aromatic heterocycles. The quantitative estimate of drug-likeness (QED) is 0.338. The number of thiocarbonyl (C=S) groups is 1. The molecule has 0 spiro atoms. The Morgan fingerprint density at radius 2 is 1.83 bits per heavy atom. The fourth-order valence-electron chi connectivity index (χ4n) is 4.54. The first-order chi connectivity index (χ1) is 17.6. The molecule has 36 heavy (non-hydrogen) atoms. The molecule has 7 nitrogen and oxygen atoms in total. The van der Waals surface area contributed by atoms with E-state index >= 15 is 0 Å². The van der Waals surface area contributed by atoms with E-state index in [4.69, 9.17) is 17.0 Å². The van der Waals surface area contributed by atoms with E-state index in [1.165, 1.54) is 0 Å². The lowest BCUT2D eigenvalue weighted by molar-refractivity contribution is -0.116.